The van der Waals surface area contributed by atoms with Gasteiger partial charge in [0.2, 0.25) is 0 Å². The van der Waals surface area contributed by atoms with Gasteiger partial charge in [-0.1, -0.05) is 13.0 Å². The summed E-state index contributed by atoms with van der Waals surface area (Å²) in [5, 5.41) is 2.82. The summed E-state index contributed by atoms with van der Waals surface area (Å²) in [5.74, 6) is 6.34. The molecule has 1 aromatic rings. The predicted molar refractivity (Wildman–Crippen MR) is 72.6 cm³/mol. The quantitative estimate of drug-likeness (QED) is 0.618. The summed E-state index contributed by atoms with van der Waals surface area (Å²) >= 11 is 0. The zero-order chi connectivity index (χ0) is 13.2. The number of amides is 1. The molecule has 0 saturated carbocycles. The zero-order valence-corrected chi connectivity index (χ0v) is 11.0. The molecule has 1 N–H and O–H groups in total. The zero-order valence-electron chi connectivity index (χ0n) is 11.0. The van der Waals surface area contributed by atoms with Crippen LogP contribution in [0.1, 0.15) is 37.0 Å². The van der Waals surface area contributed by atoms with E-state index >= 15 is 0 Å². The Bertz CT molecular complexity index is 443. The lowest BCUT2D eigenvalue weighted by Crippen LogP contribution is -2.24. The largest absolute Gasteiger partial charge is 0.494 e. The SMILES string of the molecule is CC#CCCNC(=O)c1cccc(OCCC)c1. The highest BCUT2D eigenvalue weighted by molar-refractivity contribution is 5.94. The normalized spacial score (nSPS) is 9.22. The van der Waals surface area contributed by atoms with E-state index < -0.39 is 0 Å². The predicted octanol–water partition coefficient (Wildman–Crippen LogP) is 2.62. The van der Waals surface area contributed by atoms with Gasteiger partial charge in [-0.05, 0) is 31.5 Å². The van der Waals surface area contributed by atoms with Gasteiger partial charge < -0.3 is 10.1 Å². The molecule has 3 heteroatoms. The second-order valence-corrected chi connectivity index (χ2v) is 3.81. The first-order valence-electron chi connectivity index (χ1n) is 6.18. The van der Waals surface area contributed by atoms with E-state index in [1.165, 1.54) is 0 Å². The van der Waals surface area contributed by atoms with Crippen molar-refractivity contribution in [1.82, 2.24) is 5.32 Å². The van der Waals surface area contributed by atoms with Crippen molar-refractivity contribution in [3.05, 3.63) is 29.8 Å². The van der Waals surface area contributed by atoms with E-state index in [-0.39, 0.29) is 5.91 Å². The maximum Gasteiger partial charge on any atom is 0.251 e. The molecule has 0 bridgehead atoms. The van der Waals surface area contributed by atoms with Crippen LogP contribution in [0.4, 0.5) is 0 Å². The summed E-state index contributed by atoms with van der Waals surface area (Å²) in [4.78, 5) is 11.8. The lowest BCUT2D eigenvalue weighted by Gasteiger charge is -2.07. The van der Waals surface area contributed by atoms with E-state index in [9.17, 15) is 4.79 Å². The molecule has 96 valence electrons. The van der Waals surface area contributed by atoms with Gasteiger partial charge >= 0.3 is 0 Å². The third kappa shape index (κ3) is 4.92. The molecule has 1 rings (SSSR count). The minimum Gasteiger partial charge on any atom is -0.494 e. The van der Waals surface area contributed by atoms with Gasteiger partial charge in [0, 0.05) is 18.5 Å². The number of ether oxygens (including phenoxy) is 1. The number of carbonyl (C=O) groups excluding carboxylic acids is 1. The standard InChI is InChI=1S/C15H19NO2/c1-3-5-6-10-16-15(17)13-8-7-9-14(12-13)18-11-4-2/h7-9,12H,4,6,10-11H2,1-2H3,(H,16,17). The molecule has 0 aromatic heterocycles. The highest BCUT2D eigenvalue weighted by atomic mass is 16.5. The average Bonchev–Trinajstić information content (AvgIpc) is 2.41. The van der Waals surface area contributed by atoms with Crippen LogP contribution in [0.3, 0.4) is 0 Å². The molecule has 0 unspecified atom stereocenters. The lowest BCUT2D eigenvalue weighted by molar-refractivity contribution is 0.0954. The van der Waals surface area contributed by atoms with Gasteiger partial charge in [0.15, 0.2) is 0 Å². The molecule has 1 aromatic carbocycles. The second kappa shape index (κ2) is 8.19. The van der Waals surface area contributed by atoms with Crippen molar-refractivity contribution in [1.29, 1.82) is 0 Å². The molecule has 0 heterocycles. The van der Waals surface area contributed by atoms with E-state index in [2.05, 4.69) is 17.2 Å². The molecule has 0 spiro atoms. The highest BCUT2D eigenvalue weighted by Crippen LogP contribution is 2.13. The number of carbonyl (C=O) groups is 1. The Kier molecular flexibility index (Phi) is 6.42. The first-order valence-corrected chi connectivity index (χ1v) is 6.18. The van der Waals surface area contributed by atoms with Gasteiger partial charge in [-0.15, -0.1) is 11.8 Å². The number of benzene rings is 1. The van der Waals surface area contributed by atoms with Crippen LogP contribution in [0, 0.1) is 11.8 Å². The molecule has 3 nitrogen and oxygen atoms in total. The Morgan fingerprint density at radius 1 is 1.44 bits per heavy atom. The fourth-order valence-electron chi connectivity index (χ4n) is 1.41. The third-order valence-electron chi connectivity index (χ3n) is 2.28. The Balaban J connectivity index is 2.53. The van der Waals surface area contributed by atoms with E-state index in [0.29, 0.717) is 25.1 Å². The summed E-state index contributed by atoms with van der Waals surface area (Å²) in [6.07, 6.45) is 1.63. The van der Waals surface area contributed by atoms with Gasteiger partial charge in [-0.25, -0.2) is 0 Å². The van der Waals surface area contributed by atoms with Crippen LogP contribution in [-0.4, -0.2) is 19.1 Å². The van der Waals surface area contributed by atoms with Crippen molar-refractivity contribution in [2.75, 3.05) is 13.2 Å². The first kappa shape index (κ1) is 14.1. The minimum absolute atomic E-state index is 0.0881. The van der Waals surface area contributed by atoms with Gasteiger partial charge in [-0.2, -0.15) is 0 Å². The molecule has 0 aliphatic rings. The van der Waals surface area contributed by atoms with Crippen LogP contribution >= 0.6 is 0 Å². The summed E-state index contributed by atoms with van der Waals surface area (Å²) in [5.41, 5.74) is 0.619. The summed E-state index contributed by atoms with van der Waals surface area (Å²) in [6, 6.07) is 7.22. The molecular weight excluding hydrogens is 226 g/mol. The average molecular weight is 245 g/mol. The first-order chi connectivity index (χ1) is 8.77. The Morgan fingerprint density at radius 3 is 3.00 bits per heavy atom. The summed E-state index contributed by atoms with van der Waals surface area (Å²) in [7, 11) is 0. The van der Waals surface area contributed by atoms with Crippen LogP contribution in [0.5, 0.6) is 5.75 Å². The summed E-state index contributed by atoms with van der Waals surface area (Å²) in [6.45, 7) is 5.07. The van der Waals surface area contributed by atoms with Gasteiger partial charge in [-0.3, -0.25) is 4.79 Å². The van der Waals surface area contributed by atoms with Crippen molar-refractivity contribution < 1.29 is 9.53 Å². The molecule has 0 saturated heterocycles. The topological polar surface area (TPSA) is 38.3 Å². The number of rotatable bonds is 6. The molecule has 0 radical (unpaired) electrons. The van der Waals surface area contributed by atoms with Gasteiger partial charge in [0.05, 0.1) is 6.61 Å². The smallest absolute Gasteiger partial charge is 0.251 e. The number of nitrogens with one attached hydrogen (secondary N) is 1. The summed E-state index contributed by atoms with van der Waals surface area (Å²) < 4.78 is 5.49. The molecule has 0 atom stereocenters. The monoisotopic (exact) mass is 245 g/mol. The number of hydrogen-bond acceptors (Lipinski definition) is 2. The van der Waals surface area contributed by atoms with E-state index in [0.717, 1.165) is 12.2 Å². The van der Waals surface area contributed by atoms with E-state index in [1.54, 1.807) is 19.1 Å². The Morgan fingerprint density at radius 2 is 2.28 bits per heavy atom. The van der Waals surface area contributed by atoms with Crippen molar-refractivity contribution in [3.8, 4) is 17.6 Å². The Hall–Kier alpha value is -1.95. The molecular formula is C15H19NO2. The van der Waals surface area contributed by atoms with Crippen LogP contribution in [0.2, 0.25) is 0 Å². The van der Waals surface area contributed by atoms with E-state index in [1.807, 2.05) is 19.1 Å². The van der Waals surface area contributed by atoms with Gasteiger partial charge in [0.25, 0.3) is 5.91 Å². The molecule has 0 aliphatic heterocycles. The minimum atomic E-state index is -0.0881. The molecule has 0 aliphatic carbocycles. The number of hydrogen-bond donors (Lipinski definition) is 1. The maximum atomic E-state index is 11.8. The van der Waals surface area contributed by atoms with Crippen molar-refractivity contribution in [2.45, 2.75) is 26.7 Å². The maximum absolute atomic E-state index is 11.8. The van der Waals surface area contributed by atoms with Crippen molar-refractivity contribution >= 4 is 5.91 Å². The van der Waals surface area contributed by atoms with Crippen molar-refractivity contribution in [3.63, 3.8) is 0 Å². The molecule has 18 heavy (non-hydrogen) atoms. The fraction of sp³-hybridized carbons (Fsp3) is 0.400. The fourth-order valence-corrected chi connectivity index (χ4v) is 1.41. The molecule has 0 fully saturated rings. The van der Waals surface area contributed by atoms with Gasteiger partial charge in [0.1, 0.15) is 5.75 Å². The van der Waals surface area contributed by atoms with Crippen LogP contribution in [-0.2, 0) is 0 Å². The van der Waals surface area contributed by atoms with E-state index in [4.69, 9.17) is 4.74 Å². The lowest BCUT2D eigenvalue weighted by atomic mass is 10.2. The second-order valence-electron chi connectivity index (χ2n) is 3.81. The van der Waals surface area contributed by atoms with Crippen LogP contribution in [0.15, 0.2) is 24.3 Å². The highest BCUT2D eigenvalue weighted by Gasteiger charge is 2.05. The van der Waals surface area contributed by atoms with Crippen LogP contribution < -0.4 is 10.1 Å². The third-order valence-corrected chi connectivity index (χ3v) is 2.28. The Labute approximate surface area is 109 Å². The molecule has 1 amide bonds. The van der Waals surface area contributed by atoms with Crippen molar-refractivity contribution in [2.24, 2.45) is 0 Å². The van der Waals surface area contributed by atoms with Crippen LogP contribution in [0.25, 0.3) is 0 Å².